The van der Waals surface area contributed by atoms with Crippen LogP contribution in [-0.2, 0) is 21.2 Å². The molecule has 4 aromatic rings. The van der Waals surface area contributed by atoms with E-state index in [0.717, 1.165) is 52.4 Å². The molecule has 1 aliphatic rings. The Morgan fingerprint density at radius 2 is 2.06 bits per heavy atom. The molecule has 1 aliphatic heterocycles. The number of fused-ring (bicyclic) bond motifs is 3. The van der Waals surface area contributed by atoms with Crippen LogP contribution in [-0.4, -0.2) is 46.9 Å². The first-order valence-electron chi connectivity index (χ1n) is 11.0. The van der Waals surface area contributed by atoms with Gasteiger partial charge in [0, 0.05) is 30.7 Å². The minimum absolute atomic E-state index is 0.134. The predicted molar refractivity (Wildman–Crippen MR) is 129 cm³/mol. The maximum absolute atomic E-state index is 11.5. The van der Waals surface area contributed by atoms with E-state index >= 15 is 0 Å². The molecule has 1 saturated heterocycles. The topological polar surface area (TPSA) is 123 Å². The molecule has 2 atom stereocenters. The van der Waals surface area contributed by atoms with Crippen molar-refractivity contribution in [3.05, 3.63) is 59.7 Å². The van der Waals surface area contributed by atoms with Gasteiger partial charge < -0.3 is 9.30 Å². The summed E-state index contributed by atoms with van der Waals surface area (Å²) in [4.78, 5) is 13.7. The third-order valence-corrected chi connectivity index (χ3v) is 6.60. The molecular weight excluding hydrogens is 452 g/mol. The zero-order valence-corrected chi connectivity index (χ0v) is 19.7. The van der Waals surface area contributed by atoms with Crippen molar-refractivity contribution in [3.8, 4) is 6.07 Å². The number of aromatic nitrogens is 4. The van der Waals surface area contributed by atoms with Crippen LogP contribution in [0.1, 0.15) is 42.8 Å². The van der Waals surface area contributed by atoms with E-state index in [-0.39, 0.29) is 18.0 Å². The Labute approximate surface area is 197 Å². The summed E-state index contributed by atoms with van der Waals surface area (Å²) in [5, 5.41) is 10.4. The Morgan fingerprint density at radius 3 is 2.76 bits per heavy atom. The molecule has 3 aromatic heterocycles. The number of anilines is 1. The Morgan fingerprint density at radius 1 is 1.21 bits per heavy atom. The number of pyridine rings is 2. The van der Waals surface area contributed by atoms with Crippen molar-refractivity contribution in [2.45, 2.75) is 38.3 Å². The number of rotatable bonds is 5. The number of hydrogen-bond donors (Lipinski definition) is 1. The number of nitrogens with one attached hydrogen (secondary N) is 1. The summed E-state index contributed by atoms with van der Waals surface area (Å²) in [7, 11) is -3.39. The van der Waals surface area contributed by atoms with E-state index in [1.807, 2.05) is 18.2 Å². The van der Waals surface area contributed by atoms with Gasteiger partial charge in [-0.2, -0.15) is 5.26 Å². The van der Waals surface area contributed by atoms with Crippen LogP contribution in [0.2, 0.25) is 0 Å². The second-order valence-electron chi connectivity index (χ2n) is 8.70. The fraction of sp³-hybridized carbons (Fsp3) is 0.333. The molecule has 1 aromatic carbocycles. The third kappa shape index (κ3) is 4.44. The van der Waals surface area contributed by atoms with Gasteiger partial charge in [0.15, 0.2) is 0 Å². The lowest BCUT2D eigenvalue weighted by Gasteiger charge is -2.30. The summed E-state index contributed by atoms with van der Waals surface area (Å²) >= 11 is 0. The highest BCUT2D eigenvalue weighted by Gasteiger charge is 2.26. The van der Waals surface area contributed by atoms with Gasteiger partial charge in [-0.15, -0.1) is 0 Å². The molecule has 0 aliphatic carbocycles. The molecule has 0 unspecified atom stereocenters. The van der Waals surface area contributed by atoms with E-state index in [0.29, 0.717) is 18.6 Å². The van der Waals surface area contributed by atoms with E-state index in [1.165, 1.54) is 0 Å². The summed E-state index contributed by atoms with van der Waals surface area (Å²) in [5.41, 5.74) is 4.05. The molecule has 0 amide bonds. The lowest BCUT2D eigenvalue weighted by atomic mass is 10.0. The molecule has 0 bridgehead atoms. The van der Waals surface area contributed by atoms with Crippen LogP contribution >= 0.6 is 0 Å². The van der Waals surface area contributed by atoms with Gasteiger partial charge >= 0.3 is 0 Å². The molecule has 1 N–H and O–H groups in total. The SMILES string of the molecule is C[C@@H]1C[C@H](n2c(Cc3ccc(NS(C)(=O)=O)nc3)nc3cnc4ccc(C#N)cc4c32)CCO1. The molecule has 174 valence electrons. The molecule has 4 heterocycles. The summed E-state index contributed by atoms with van der Waals surface area (Å²) in [6, 6.07) is 11.4. The average Bonchev–Trinajstić information content (AvgIpc) is 3.17. The van der Waals surface area contributed by atoms with Gasteiger partial charge in [0.05, 0.1) is 41.2 Å². The average molecular weight is 477 g/mol. The zero-order chi connectivity index (χ0) is 23.9. The Bertz CT molecular complexity index is 1520. The largest absolute Gasteiger partial charge is 0.378 e. The van der Waals surface area contributed by atoms with E-state index in [9.17, 15) is 13.7 Å². The highest BCUT2D eigenvalue weighted by molar-refractivity contribution is 7.92. The maximum atomic E-state index is 11.5. The van der Waals surface area contributed by atoms with Gasteiger partial charge in [-0.05, 0) is 49.6 Å². The molecule has 0 radical (unpaired) electrons. The van der Waals surface area contributed by atoms with E-state index in [2.05, 4.69) is 32.3 Å². The smallest absolute Gasteiger partial charge is 0.230 e. The number of benzene rings is 1. The Balaban J connectivity index is 1.63. The van der Waals surface area contributed by atoms with Gasteiger partial charge in [-0.25, -0.2) is 18.4 Å². The van der Waals surface area contributed by atoms with Crippen LogP contribution in [0.4, 0.5) is 5.82 Å². The second kappa shape index (κ2) is 8.66. The maximum Gasteiger partial charge on any atom is 0.230 e. The molecule has 0 spiro atoms. The molecule has 34 heavy (non-hydrogen) atoms. The minimum atomic E-state index is -3.39. The number of nitrogens with zero attached hydrogens (tertiary/aromatic N) is 5. The van der Waals surface area contributed by atoms with E-state index < -0.39 is 10.0 Å². The van der Waals surface area contributed by atoms with Crippen LogP contribution in [0, 0.1) is 11.3 Å². The van der Waals surface area contributed by atoms with Gasteiger partial charge in [0.2, 0.25) is 10.0 Å². The van der Waals surface area contributed by atoms with Gasteiger partial charge in [0.1, 0.15) is 17.2 Å². The highest BCUT2D eigenvalue weighted by Crippen LogP contribution is 2.34. The van der Waals surface area contributed by atoms with Crippen LogP contribution in [0.25, 0.3) is 21.9 Å². The number of ether oxygens (including phenoxy) is 1. The molecule has 0 saturated carbocycles. The van der Waals surface area contributed by atoms with Crippen molar-refractivity contribution >= 4 is 37.8 Å². The van der Waals surface area contributed by atoms with Gasteiger partial charge in [-0.3, -0.25) is 9.71 Å². The number of imidazole rings is 1. The van der Waals surface area contributed by atoms with E-state index in [1.54, 1.807) is 24.5 Å². The van der Waals surface area contributed by atoms with E-state index in [4.69, 9.17) is 9.72 Å². The van der Waals surface area contributed by atoms with Crippen LogP contribution in [0.5, 0.6) is 0 Å². The quantitative estimate of drug-likeness (QED) is 0.467. The summed E-state index contributed by atoms with van der Waals surface area (Å²) in [6.07, 6.45) is 6.91. The Kier molecular flexibility index (Phi) is 5.67. The lowest BCUT2D eigenvalue weighted by molar-refractivity contribution is 0.00631. The molecule has 5 rings (SSSR count). The van der Waals surface area contributed by atoms with Crippen molar-refractivity contribution in [1.29, 1.82) is 5.26 Å². The standard InChI is InChI=1S/C24H24N6O3S/c1-15-9-18(7-8-33-15)30-23(11-17-4-6-22(27-13-17)29-34(2,31)32)28-21-14-26-20-5-3-16(12-25)10-19(20)24(21)30/h3-6,10,13-15,18H,7-9,11H2,1-2H3,(H,27,29)/t15-,18-/m1/s1. The summed E-state index contributed by atoms with van der Waals surface area (Å²) in [6.45, 7) is 2.75. The minimum Gasteiger partial charge on any atom is -0.378 e. The monoisotopic (exact) mass is 476 g/mol. The van der Waals surface area contributed by atoms with Crippen molar-refractivity contribution < 1.29 is 13.2 Å². The van der Waals surface area contributed by atoms with Crippen LogP contribution in [0.15, 0.2) is 42.7 Å². The van der Waals surface area contributed by atoms with Crippen LogP contribution in [0.3, 0.4) is 0 Å². The van der Waals surface area contributed by atoms with Gasteiger partial charge in [0.25, 0.3) is 0 Å². The highest BCUT2D eigenvalue weighted by atomic mass is 32.2. The summed E-state index contributed by atoms with van der Waals surface area (Å²) < 4.78 is 33.4. The van der Waals surface area contributed by atoms with Crippen molar-refractivity contribution in [2.75, 3.05) is 17.6 Å². The normalized spacial score (nSPS) is 18.7. The fourth-order valence-corrected chi connectivity index (χ4v) is 5.08. The van der Waals surface area contributed by atoms with Gasteiger partial charge in [-0.1, -0.05) is 6.07 Å². The van der Waals surface area contributed by atoms with Crippen LogP contribution < -0.4 is 4.72 Å². The number of nitriles is 1. The number of hydrogen-bond acceptors (Lipinski definition) is 7. The first-order chi connectivity index (χ1) is 16.3. The first-order valence-corrected chi connectivity index (χ1v) is 12.9. The molecular formula is C24H24N6O3S. The molecule has 1 fully saturated rings. The van der Waals surface area contributed by atoms with Crippen molar-refractivity contribution in [3.63, 3.8) is 0 Å². The predicted octanol–water partition coefficient (Wildman–Crippen LogP) is 3.55. The first kappa shape index (κ1) is 22.3. The Hall–Kier alpha value is -3.55. The zero-order valence-electron chi connectivity index (χ0n) is 18.9. The van der Waals surface area contributed by atoms with Crippen molar-refractivity contribution in [2.24, 2.45) is 0 Å². The van der Waals surface area contributed by atoms with Crippen molar-refractivity contribution in [1.82, 2.24) is 19.5 Å². The molecule has 9 nitrogen and oxygen atoms in total. The summed E-state index contributed by atoms with van der Waals surface area (Å²) in [5.74, 6) is 1.15. The second-order valence-corrected chi connectivity index (χ2v) is 10.4. The lowest BCUT2D eigenvalue weighted by Crippen LogP contribution is -2.26. The number of sulfonamides is 1. The third-order valence-electron chi connectivity index (χ3n) is 6.02. The molecule has 10 heteroatoms. The fourth-order valence-electron chi connectivity index (χ4n) is 4.58.